The fraction of sp³-hybridized carbons (Fsp3) is 0.462. The van der Waals surface area contributed by atoms with Crippen molar-refractivity contribution < 1.29 is 9.53 Å². The molecular formula is C13H14ClNO2. The van der Waals surface area contributed by atoms with Crippen LogP contribution in [0, 0.1) is 5.92 Å². The van der Waals surface area contributed by atoms with E-state index in [4.69, 9.17) is 16.3 Å². The Hall–Kier alpha value is -1.06. The fourth-order valence-corrected chi connectivity index (χ4v) is 2.54. The third-order valence-corrected chi connectivity index (χ3v) is 3.71. The van der Waals surface area contributed by atoms with Gasteiger partial charge < -0.3 is 9.64 Å². The number of carbonyl (C=O) groups excluding carboxylic acids is 1. The monoisotopic (exact) mass is 251 g/mol. The molecule has 17 heavy (non-hydrogen) atoms. The Bertz CT molecular complexity index is 457. The maximum Gasteiger partial charge on any atom is 0.230 e. The Morgan fingerprint density at radius 3 is 2.88 bits per heavy atom. The molecular weight excluding hydrogens is 238 g/mol. The van der Waals surface area contributed by atoms with Gasteiger partial charge in [0.25, 0.3) is 0 Å². The molecule has 0 bridgehead atoms. The zero-order valence-electron chi connectivity index (χ0n) is 9.49. The van der Waals surface area contributed by atoms with Crippen molar-refractivity contribution >= 4 is 17.5 Å². The molecule has 0 atom stereocenters. The van der Waals surface area contributed by atoms with Crippen LogP contribution in [0.5, 0.6) is 0 Å². The first kappa shape index (κ1) is 11.1. The lowest BCUT2D eigenvalue weighted by Gasteiger charge is -2.34. The maximum atomic E-state index is 12.1. The predicted octanol–water partition coefficient (Wildman–Crippen LogP) is 1.87. The summed E-state index contributed by atoms with van der Waals surface area (Å²) in [5.41, 5.74) is 2.49. The molecule has 1 amide bonds. The lowest BCUT2D eigenvalue weighted by atomic mass is 9.98. The summed E-state index contributed by atoms with van der Waals surface area (Å²) < 4.78 is 5.07. The predicted molar refractivity (Wildman–Crippen MR) is 64.9 cm³/mol. The first-order valence-corrected chi connectivity index (χ1v) is 6.25. The van der Waals surface area contributed by atoms with Crippen LogP contribution in [-0.4, -0.2) is 30.6 Å². The van der Waals surface area contributed by atoms with Crippen molar-refractivity contribution in [2.75, 3.05) is 19.8 Å². The minimum atomic E-state index is 0.0794. The summed E-state index contributed by atoms with van der Waals surface area (Å²) in [4.78, 5) is 14.0. The number of rotatable bonds is 1. The third kappa shape index (κ3) is 2.05. The molecule has 90 valence electrons. The number of halogens is 1. The molecule has 0 N–H and O–H groups in total. The van der Waals surface area contributed by atoms with E-state index in [1.54, 1.807) is 0 Å². The molecule has 0 unspecified atom stereocenters. The largest absolute Gasteiger partial charge is 0.380 e. The van der Waals surface area contributed by atoms with Crippen molar-refractivity contribution in [1.82, 2.24) is 4.90 Å². The van der Waals surface area contributed by atoms with E-state index >= 15 is 0 Å². The van der Waals surface area contributed by atoms with Gasteiger partial charge in [0.05, 0.1) is 19.1 Å². The van der Waals surface area contributed by atoms with Crippen molar-refractivity contribution in [3.8, 4) is 0 Å². The van der Waals surface area contributed by atoms with Crippen LogP contribution in [0.15, 0.2) is 18.2 Å². The number of benzene rings is 1. The summed E-state index contributed by atoms with van der Waals surface area (Å²) in [6.45, 7) is 2.66. The SMILES string of the molecule is O=C(C1COC1)N1CCc2ccc(Cl)cc2C1. The molecule has 0 saturated carbocycles. The molecule has 2 aliphatic rings. The minimum Gasteiger partial charge on any atom is -0.380 e. The Balaban J connectivity index is 1.77. The first-order chi connectivity index (χ1) is 8.24. The van der Waals surface area contributed by atoms with Crippen molar-refractivity contribution in [3.05, 3.63) is 34.3 Å². The third-order valence-electron chi connectivity index (χ3n) is 3.48. The van der Waals surface area contributed by atoms with Gasteiger partial charge in [-0.15, -0.1) is 0 Å². The van der Waals surface area contributed by atoms with Crippen LogP contribution in [0.4, 0.5) is 0 Å². The van der Waals surface area contributed by atoms with E-state index in [1.165, 1.54) is 11.1 Å². The van der Waals surface area contributed by atoms with Crippen LogP contribution in [0.1, 0.15) is 11.1 Å². The Morgan fingerprint density at radius 2 is 2.18 bits per heavy atom. The molecule has 1 fully saturated rings. The van der Waals surface area contributed by atoms with Crippen LogP contribution in [-0.2, 0) is 22.5 Å². The number of ether oxygens (including phenoxy) is 1. The van der Waals surface area contributed by atoms with Crippen molar-refractivity contribution in [1.29, 1.82) is 0 Å². The van der Waals surface area contributed by atoms with Gasteiger partial charge in [0.2, 0.25) is 5.91 Å². The normalized spacial score (nSPS) is 19.7. The Morgan fingerprint density at radius 1 is 1.35 bits per heavy atom. The Labute approximate surface area is 105 Å². The molecule has 3 nitrogen and oxygen atoms in total. The topological polar surface area (TPSA) is 29.5 Å². The minimum absolute atomic E-state index is 0.0794. The molecule has 4 heteroatoms. The fourth-order valence-electron chi connectivity index (χ4n) is 2.35. The van der Waals surface area contributed by atoms with Crippen LogP contribution < -0.4 is 0 Å². The second-order valence-corrected chi connectivity index (χ2v) is 5.09. The van der Waals surface area contributed by atoms with Gasteiger partial charge in [-0.2, -0.15) is 0 Å². The molecule has 0 radical (unpaired) electrons. The molecule has 0 aromatic heterocycles. The van der Waals surface area contributed by atoms with E-state index in [0.717, 1.165) is 18.0 Å². The van der Waals surface area contributed by atoms with Crippen LogP contribution in [0.3, 0.4) is 0 Å². The van der Waals surface area contributed by atoms with E-state index in [1.807, 2.05) is 17.0 Å². The number of carbonyl (C=O) groups is 1. The summed E-state index contributed by atoms with van der Waals surface area (Å²) in [7, 11) is 0. The smallest absolute Gasteiger partial charge is 0.230 e. The van der Waals surface area contributed by atoms with Crippen molar-refractivity contribution in [2.45, 2.75) is 13.0 Å². The van der Waals surface area contributed by atoms with Gasteiger partial charge in [-0.1, -0.05) is 17.7 Å². The lowest BCUT2D eigenvalue weighted by molar-refractivity contribution is -0.150. The van der Waals surface area contributed by atoms with Gasteiger partial charge >= 0.3 is 0 Å². The van der Waals surface area contributed by atoms with Crippen LogP contribution in [0.2, 0.25) is 5.02 Å². The van der Waals surface area contributed by atoms with Crippen molar-refractivity contribution in [2.24, 2.45) is 5.92 Å². The van der Waals surface area contributed by atoms with Gasteiger partial charge in [-0.25, -0.2) is 0 Å². The van der Waals surface area contributed by atoms with Gasteiger partial charge in [0.15, 0.2) is 0 Å². The second kappa shape index (κ2) is 4.31. The number of amides is 1. The highest BCUT2D eigenvalue weighted by atomic mass is 35.5. The number of hydrogen-bond donors (Lipinski definition) is 0. The molecule has 1 aromatic carbocycles. The molecule has 1 saturated heterocycles. The summed E-state index contributed by atoms with van der Waals surface area (Å²) in [5.74, 6) is 0.303. The van der Waals surface area contributed by atoms with E-state index in [0.29, 0.717) is 19.8 Å². The summed E-state index contributed by atoms with van der Waals surface area (Å²) in [5, 5.41) is 0.741. The average molecular weight is 252 g/mol. The number of fused-ring (bicyclic) bond motifs is 1. The Kier molecular flexibility index (Phi) is 2.81. The summed E-state index contributed by atoms with van der Waals surface area (Å²) in [6, 6.07) is 5.94. The standard InChI is InChI=1S/C13H14ClNO2/c14-12-2-1-9-3-4-15(6-10(9)5-12)13(16)11-7-17-8-11/h1-2,5,11H,3-4,6-8H2. The molecule has 2 aliphatic heterocycles. The molecule has 0 aliphatic carbocycles. The summed E-state index contributed by atoms with van der Waals surface area (Å²) in [6.07, 6.45) is 0.922. The highest BCUT2D eigenvalue weighted by Crippen LogP contribution is 2.24. The molecule has 3 rings (SSSR count). The number of nitrogens with zero attached hydrogens (tertiary/aromatic N) is 1. The highest BCUT2D eigenvalue weighted by Gasteiger charge is 2.32. The highest BCUT2D eigenvalue weighted by molar-refractivity contribution is 6.30. The zero-order valence-corrected chi connectivity index (χ0v) is 10.2. The average Bonchev–Trinajstić information content (AvgIpc) is 2.25. The van der Waals surface area contributed by atoms with Crippen molar-refractivity contribution in [3.63, 3.8) is 0 Å². The van der Waals surface area contributed by atoms with Crippen LogP contribution in [0.25, 0.3) is 0 Å². The molecule has 2 heterocycles. The van der Waals surface area contributed by atoms with E-state index in [-0.39, 0.29) is 11.8 Å². The summed E-state index contributed by atoms with van der Waals surface area (Å²) >= 11 is 5.98. The van der Waals surface area contributed by atoms with E-state index < -0.39 is 0 Å². The molecule has 0 spiro atoms. The molecule has 1 aromatic rings. The van der Waals surface area contributed by atoms with Gasteiger partial charge in [-0.3, -0.25) is 4.79 Å². The van der Waals surface area contributed by atoms with Crippen LogP contribution >= 0.6 is 11.6 Å². The maximum absolute atomic E-state index is 12.1. The lowest BCUT2D eigenvalue weighted by Crippen LogP contribution is -2.46. The first-order valence-electron chi connectivity index (χ1n) is 5.88. The van der Waals surface area contributed by atoms with Gasteiger partial charge in [0, 0.05) is 18.1 Å². The quantitative estimate of drug-likeness (QED) is 0.763. The number of hydrogen-bond acceptors (Lipinski definition) is 2. The van der Waals surface area contributed by atoms with E-state index in [2.05, 4.69) is 6.07 Å². The van der Waals surface area contributed by atoms with E-state index in [9.17, 15) is 4.79 Å². The van der Waals surface area contributed by atoms with Gasteiger partial charge in [-0.05, 0) is 29.7 Å². The van der Waals surface area contributed by atoms with Gasteiger partial charge in [0.1, 0.15) is 0 Å². The zero-order chi connectivity index (χ0) is 11.8. The second-order valence-electron chi connectivity index (χ2n) is 4.66.